The third-order valence-corrected chi connectivity index (χ3v) is 3.12. The maximum atomic E-state index is 5.37. The highest BCUT2D eigenvalue weighted by Crippen LogP contribution is 2.25. The molecule has 0 amide bonds. The first kappa shape index (κ1) is 11.4. The van der Waals surface area contributed by atoms with Crippen molar-refractivity contribution in [3.63, 3.8) is 0 Å². The standard InChI is InChI=1S/C13H20N2O/c1-3-14-8-11-7-10-5-4-6-13(16-2)12(10)9-15-11/h4-6,11,14-15H,3,7-9H2,1-2H3. The van der Waals surface area contributed by atoms with Crippen LogP contribution in [-0.4, -0.2) is 26.2 Å². The Morgan fingerprint density at radius 1 is 1.50 bits per heavy atom. The summed E-state index contributed by atoms with van der Waals surface area (Å²) in [7, 11) is 1.74. The summed E-state index contributed by atoms with van der Waals surface area (Å²) in [5.74, 6) is 1.01. The molecule has 3 nitrogen and oxygen atoms in total. The highest BCUT2D eigenvalue weighted by atomic mass is 16.5. The molecule has 1 unspecified atom stereocenters. The Hall–Kier alpha value is -1.06. The quantitative estimate of drug-likeness (QED) is 0.803. The zero-order chi connectivity index (χ0) is 11.4. The van der Waals surface area contributed by atoms with Gasteiger partial charge >= 0.3 is 0 Å². The Labute approximate surface area is 97.2 Å². The van der Waals surface area contributed by atoms with E-state index in [0.29, 0.717) is 6.04 Å². The molecule has 0 aromatic heterocycles. The summed E-state index contributed by atoms with van der Waals surface area (Å²) in [6, 6.07) is 6.86. The number of ether oxygens (including phenoxy) is 1. The van der Waals surface area contributed by atoms with Gasteiger partial charge < -0.3 is 15.4 Å². The fourth-order valence-electron chi connectivity index (χ4n) is 2.24. The van der Waals surface area contributed by atoms with E-state index in [1.807, 2.05) is 6.07 Å². The van der Waals surface area contributed by atoms with E-state index in [9.17, 15) is 0 Å². The van der Waals surface area contributed by atoms with E-state index >= 15 is 0 Å². The Balaban J connectivity index is 2.09. The van der Waals surface area contributed by atoms with Crippen LogP contribution in [0.15, 0.2) is 18.2 Å². The van der Waals surface area contributed by atoms with Crippen molar-refractivity contribution in [2.75, 3.05) is 20.2 Å². The van der Waals surface area contributed by atoms with Crippen molar-refractivity contribution < 1.29 is 4.74 Å². The Bertz CT molecular complexity index is 352. The monoisotopic (exact) mass is 220 g/mol. The first-order valence-electron chi connectivity index (χ1n) is 5.94. The molecule has 88 valence electrons. The summed E-state index contributed by atoms with van der Waals surface area (Å²) >= 11 is 0. The van der Waals surface area contributed by atoms with Crippen LogP contribution >= 0.6 is 0 Å². The predicted octanol–water partition coefficient (Wildman–Crippen LogP) is 1.32. The summed E-state index contributed by atoms with van der Waals surface area (Å²) in [5.41, 5.74) is 2.73. The number of nitrogens with one attached hydrogen (secondary N) is 2. The van der Waals surface area contributed by atoms with Gasteiger partial charge in [-0.2, -0.15) is 0 Å². The minimum Gasteiger partial charge on any atom is -0.496 e. The topological polar surface area (TPSA) is 33.3 Å². The smallest absolute Gasteiger partial charge is 0.123 e. The fraction of sp³-hybridized carbons (Fsp3) is 0.538. The van der Waals surface area contributed by atoms with Crippen LogP contribution in [0.5, 0.6) is 5.75 Å². The lowest BCUT2D eigenvalue weighted by Crippen LogP contribution is -2.43. The van der Waals surface area contributed by atoms with Gasteiger partial charge in [-0.1, -0.05) is 19.1 Å². The van der Waals surface area contributed by atoms with Crippen LogP contribution in [0.2, 0.25) is 0 Å². The van der Waals surface area contributed by atoms with Crippen molar-refractivity contribution >= 4 is 0 Å². The minimum absolute atomic E-state index is 0.541. The van der Waals surface area contributed by atoms with Crippen LogP contribution in [0, 0.1) is 0 Å². The fourth-order valence-corrected chi connectivity index (χ4v) is 2.24. The Kier molecular flexibility index (Phi) is 3.80. The molecule has 0 spiro atoms. The molecule has 0 radical (unpaired) electrons. The van der Waals surface area contributed by atoms with Crippen LogP contribution in [0.3, 0.4) is 0 Å². The zero-order valence-corrected chi connectivity index (χ0v) is 10.0. The van der Waals surface area contributed by atoms with Crippen LogP contribution in [-0.2, 0) is 13.0 Å². The molecule has 2 N–H and O–H groups in total. The Morgan fingerprint density at radius 3 is 3.12 bits per heavy atom. The van der Waals surface area contributed by atoms with Crippen LogP contribution in [0.25, 0.3) is 0 Å². The average Bonchev–Trinajstić information content (AvgIpc) is 2.35. The van der Waals surface area contributed by atoms with Gasteiger partial charge in [0.25, 0.3) is 0 Å². The minimum atomic E-state index is 0.541. The first-order chi connectivity index (χ1) is 7.85. The lowest BCUT2D eigenvalue weighted by Gasteiger charge is -2.27. The number of hydrogen-bond donors (Lipinski definition) is 2. The second-order valence-corrected chi connectivity index (χ2v) is 4.19. The molecular weight excluding hydrogens is 200 g/mol. The number of hydrogen-bond acceptors (Lipinski definition) is 3. The molecule has 1 atom stereocenters. The highest BCUT2D eigenvalue weighted by Gasteiger charge is 2.19. The molecule has 1 aromatic rings. The van der Waals surface area contributed by atoms with Crippen molar-refractivity contribution in [2.24, 2.45) is 0 Å². The maximum absolute atomic E-state index is 5.37. The van der Waals surface area contributed by atoms with E-state index < -0.39 is 0 Å². The first-order valence-corrected chi connectivity index (χ1v) is 5.94. The van der Waals surface area contributed by atoms with E-state index in [4.69, 9.17) is 4.74 Å². The molecular formula is C13H20N2O. The van der Waals surface area contributed by atoms with Gasteiger partial charge in [0, 0.05) is 24.7 Å². The predicted molar refractivity (Wildman–Crippen MR) is 65.9 cm³/mol. The number of likely N-dealkylation sites (N-methyl/N-ethyl adjacent to an activating group) is 1. The molecule has 1 aromatic carbocycles. The summed E-state index contributed by atoms with van der Waals surface area (Å²) < 4.78 is 5.37. The van der Waals surface area contributed by atoms with Crippen molar-refractivity contribution in [3.05, 3.63) is 29.3 Å². The van der Waals surface area contributed by atoms with Gasteiger partial charge in [0.2, 0.25) is 0 Å². The van der Waals surface area contributed by atoms with E-state index in [1.165, 1.54) is 11.1 Å². The third kappa shape index (κ3) is 2.36. The van der Waals surface area contributed by atoms with Crippen molar-refractivity contribution in [1.82, 2.24) is 10.6 Å². The maximum Gasteiger partial charge on any atom is 0.123 e. The molecule has 0 aliphatic carbocycles. The van der Waals surface area contributed by atoms with E-state index in [0.717, 1.165) is 31.8 Å². The van der Waals surface area contributed by atoms with Gasteiger partial charge in [-0.3, -0.25) is 0 Å². The summed E-state index contributed by atoms with van der Waals surface area (Å²) in [6.45, 7) is 5.12. The van der Waals surface area contributed by atoms with Gasteiger partial charge in [-0.25, -0.2) is 0 Å². The molecule has 1 aliphatic heterocycles. The average molecular weight is 220 g/mol. The molecule has 0 bridgehead atoms. The summed E-state index contributed by atoms with van der Waals surface area (Å²) in [6.07, 6.45) is 1.08. The summed E-state index contributed by atoms with van der Waals surface area (Å²) in [4.78, 5) is 0. The van der Waals surface area contributed by atoms with Crippen LogP contribution < -0.4 is 15.4 Å². The van der Waals surface area contributed by atoms with Crippen LogP contribution in [0.4, 0.5) is 0 Å². The van der Waals surface area contributed by atoms with E-state index in [-0.39, 0.29) is 0 Å². The van der Waals surface area contributed by atoms with Crippen molar-refractivity contribution in [3.8, 4) is 5.75 Å². The molecule has 3 heteroatoms. The largest absolute Gasteiger partial charge is 0.496 e. The Morgan fingerprint density at radius 2 is 2.38 bits per heavy atom. The normalized spacial score (nSPS) is 19.2. The lowest BCUT2D eigenvalue weighted by molar-refractivity contribution is 0.393. The second-order valence-electron chi connectivity index (χ2n) is 4.19. The van der Waals surface area contributed by atoms with Crippen molar-refractivity contribution in [2.45, 2.75) is 25.9 Å². The van der Waals surface area contributed by atoms with E-state index in [2.05, 4.69) is 29.7 Å². The number of fused-ring (bicyclic) bond motifs is 1. The van der Waals surface area contributed by atoms with Crippen LogP contribution in [0.1, 0.15) is 18.1 Å². The highest BCUT2D eigenvalue weighted by molar-refractivity contribution is 5.42. The SMILES string of the molecule is CCNCC1Cc2cccc(OC)c2CN1. The zero-order valence-electron chi connectivity index (χ0n) is 10.0. The molecule has 0 saturated heterocycles. The lowest BCUT2D eigenvalue weighted by atomic mass is 9.95. The van der Waals surface area contributed by atoms with Gasteiger partial charge in [0.1, 0.15) is 5.75 Å². The molecule has 1 heterocycles. The molecule has 16 heavy (non-hydrogen) atoms. The summed E-state index contributed by atoms with van der Waals surface area (Å²) in [5, 5.41) is 6.93. The number of benzene rings is 1. The second kappa shape index (κ2) is 5.32. The number of methoxy groups -OCH3 is 1. The van der Waals surface area contributed by atoms with Crippen molar-refractivity contribution in [1.29, 1.82) is 0 Å². The third-order valence-electron chi connectivity index (χ3n) is 3.12. The molecule has 1 aliphatic rings. The molecule has 0 saturated carbocycles. The van der Waals surface area contributed by atoms with Gasteiger partial charge in [-0.05, 0) is 24.6 Å². The molecule has 2 rings (SSSR count). The van der Waals surface area contributed by atoms with E-state index in [1.54, 1.807) is 7.11 Å². The van der Waals surface area contributed by atoms with Gasteiger partial charge in [-0.15, -0.1) is 0 Å². The van der Waals surface area contributed by atoms with Gasteiger partial charge in [0.15, 0.2) is 0 Å². The molecule has 0 fully saturated rings. The number of rotatable bonds is 4. The van der Waals surface area contributed by atoms with Gasteiger partial charge in [0.05, 0.1) is 7.11 Å².